The Bertz CT molecular complexity index is 641. The molecular formula is C13H12Cl2N4OS. The maximum atomic E-state index is 12.4. The molecule has 0 N–H and O–H groups in total. The Morgan fingerprint density at radius 3 is 2.38 bits per heavy atom. The number of aromatic nitrogens is 2. The molecule has 3 heterocycles. The first kappa shape index (κ1) is 14.6. The minimum Gasteiger partial charge on any atom is -0.337 e. The molecule has 2 aromatic rings. The molecule has 0 unspecified atom stereocenters. The van der Waals surface area contributed by atoms with Gasteiger partial charge in [0.1, 0.15) is 4.34 Å². The van der Waals surface area contributed by atoms with Gasteiger partial charge in [0.25, 0.3) is 5.91 Å². The van der Waals surface area contributed by atoms with E-state index in [-0.39, 0.29) is 5.91 Å². The summed E-state index contributed by atoms with van der Waals surface area (Å²) in [5.41, 5.74) is 0.482. The Labute approximate surface area is 136 Å². The van der Waals surface area contributed by atoms with Crippen molar-refractivity contribution < 1.29 is 4.79 Å². The minimum atomic E-state index is -0.0724. The zero-order chi connectivity index (χ0) is 14.8. The van der Waals surface area contributed by atoms with Crippen molar-refractivity contribution in [3.63, 3.8) is 0 Å². The molecule has 0 aliphatic carbocycles. The van der Waals surface area contributed by atoms with Crippen molar-refractivity contribution in [2.24, 2.45) is 0 Å². The van der Waals surface area contributed by atoms with Gasteiger partial charge in [-0.25, -0.2) is 9.97 Å². The number of piperazine rings is 1. The first-order valence-corrected chi connectivity index (χ1v) is 7.98. The molecule has 110 valence electrons. The predicted molar refractivity (Wildman–Crippen MR) is 84.5 cm³/mol. The summed E-state index contributed by atoms with van der Waals surface area (Å²) in [6.07, 6.45) is 3.43. The van der Waals surface area contributed by atoms with E-state index in [4.69, 9.17) is 23.2 Å². The molecule has 0 radical (unpaired) electrons. The highest BCUT2D eigenvalue weighted by atomic mass is 35.5. The average molecular weight is 343 g/mol. The molecule has 8 heteroatoms. The van der Waals surface area contributed by atoms with Gasteiger partial charge in [0.2, 0.25) is 5.95 Å². The molecule has 0 atom stereocenters. The Balaban J connectivity index is 1.66. The van der Waals surface area contributed by atoms with Crippen LogP contribution in [0.3, 0.4) is 0 Å². The molecule has 1 aliphatic rings. The Morgan fingerprint density at radius 2 is 1.81 bits per heavy atom. The summed E-state index contributed by atoms with van der Waals surface area (Å²) in [5, 5.41) is 0. The van der Waals surface area contributed by atoms with Gasteiger partial charge in [0, 0.05) is 38.6 Å². The fourth-order valence-corrected chi connectivity index (χ4v) is 3.67. The summed E-state index contributed by atoms with van der Waals surface area (Å²) in [5.74, 6) is 0.623. The largest absolute Gasteiger partial charge is 0.337 e. The van der Waals surface area contributed by atoms with Gasteiger partial charge in [-0.2, -0.15) is 0 Å². The third kappa shape index (κ3) is 3.12. The Morgan fingerprint density at radius 1 is 1.14 bits per heavy atom. The highest BCUT2D eigenvalue weighted by Gasteiger charge is 2.25. The van der Waals surface area contributed by atoms with E-state index in [0.29, 0.717) is 46.4 Å². The number of anilines is 1. The lowest BCUT2D eigenvalue weighted by atomic mass is 10.2. The van der Waals surface area contributed by atoms with Gasteiger partial charge >= 0.3 is 0 Å². The van der Waals surface area contributed by atoms with Gasteiger partial charge in [-0.1, -0.05) is 23.2 Å². The van der Waals surface area contributed by atoms with Crippen LogP contribution in [-0.4, -0.2) is 47.0 Å². The number of nitrogens with zero attached hydrogens (tertiary/aromatic N) is 4. The van der Waals surface area contributed by atoms with Gasteiger partial charge in [-0.05, 0) is 12.1 Å². The predicted octanol–water partition coefficient (Wildman–Crippen LogP) is 2.81. The number of rotatable bonds is 2. The zero-order valence-corrected chi connectivity index (χ0v) is 13.3. The van der Waals surface area contributed by atoms with E-state index in [2.05, 4.69) is 14.9 Å². The van der Waals surface area contributed by atoms with Gasteiger partial charge in [-0.15, -0.1) is 11.3 Å². The summed E-state index contributed by atoms with van der Waals surface area (Å²) in [7, 11) is 0. The quantitative estimate of drug-likeness (QED) is 0.841. The molecule has 0 aromatic carbocycles. The standard InChI is InChI=1S/C13H12Cl2N4OS/c14-10-8-9(11(15)21-10)12(20)18-4-6-19(7-5-18)13-16-2-1-3-17-13/h1-3,8H,4-7H2. The molecule has 1 saturated heterocycles. The number of hydrogen-bond acceptors (Lipinski definition) is 5. The van der Waals surface area contributed by atoms with Gasteiger partial charge < -0.3 is 9.80 Å². The van der Waals surface area contributed by atoms with E-state index < -0.39 is 0 Å². The van der Waals surface area contributed by atoms with Crippen molar-refractivity contribution in [1.29, 1.82) is 0 Å². The lowest BCUT2D eigenvalue weighted by Gasteiger charge is -2.34. The van der Waals surface area contributed by atoms with Crippen LogP contribution >= 0.6 is 34.5 Å². The van der Waals surface area contributed by atoms with Crippen LogP contribution in [-0.2, 0) is 0 Å². The first-order valence-electron chi connectivity index (χ1n) is 6.41. The van der Waals surface area contributed by atoms with Crippen molar-refractivity contribution in [1.82, 2.24) is 14.9 Å². The number of halogens is 2. The van der Waals surface area contributed by atoms with Gasteiger partial charge in [0.05, 0.1) is 9.90 Å². The minimum absolute atomic E-state index is 0.0724. The third-order valence-corrected chi connectivity index (χ3v) is 4.78. The van der Waals surface area contributed by atoms with Crippen LogP contribution in [0.5, 0.6) is 0 Å². The molecule has 0 saturated carbocycles. The highest BCUT2D eigenvalue weighted by molar-refractivity contribution is 7.20. The fraction of sp³-hybridized carbons (Fsp3) is 0.308. The molecule has 0 spiro atoms. The second kappa shape index (κ2) is 6.17. The SMILES string of the molecule is O=C(c1cc(Cl)sc1Cl)N1CCN(c2ncccn2)CC1. The molecule has 2 aromatic heterocycles. The molecule has 21 heavy (non-hydrogen) atoms. The Kier molecular flexibility index (Phi) is 4.28. The number of thiophene rings is 1. The zero-order valence-electron chi connectivity index (χ0n) is 11.0. The number of carbonyl (C=O) groups excluding carboxylic acids is 1. The summed E-state index contributed by atoms with van der Waals surface area (Å²) in [4.78, 5) is 24.7. The lowest BCUT2D eigenvalue weighted by molar-refractivity contribution is 0.0747. The van der Waals surface area contributed by atoms with Crippen LogP contribution in [0.1, 0.15) is 10.4 Å². The van der Waals surface area contributed by atoms with Crippen molar-refractivity contribution in [3.05, 3.63) is 38.8 Å². The summed E-state index contributed by atoms with van der Waals surface area (Å²) in [6.45, 7) is 2.62. The molecular weight excluding hydrogens is 331 g/mol. The average Bonchev–Trinajstić information content (AvgIpc) is 2.86. The highest BCUT2D eigenvalue weighted by Crippen LogP contribution is 2.32. The van der Waals surface area contributed by atoms with E-state index in [1.54, 1.807) is 29.4 Å². The monoisotopic (exact) mass is 342 g/mol. The van der Waals surface area contributed by atoms with Crippen molar-refractivity contribution >= 4 is 46.4 Å². The van der Waals surface area contributed by atoms with Crippen molar-refractivity contribution in [2.75, 3.05) is 31.1 Å². The number of hydrogen-bond donors (Lipinski definition) is 0. The van der Waals surface area contributed by atoms with Crippen LogP contribution < -0.4 is 4.90 Å². The van der Waals surface area contributed by atoms with Crippen LogP contribution in [0, 0.1) is 0 Å². The molecule has 0 bridgehead atoms. The van der Waals surface area contributed by atoms with Crippen molar-refractivity contribution in [3.8, 4) is 0 Å². The van der Waals surface area contributed by atoms with E-state index in [1.807, 2.05) is 0 Å². The Hall–Kier alpha value is -1.37. The van der Waals surface area contributed by atoms with Gasteiger partial charge in [0.15, 0.2) is 0 Å². The second-order valence-corrected chi connectivity index (χ2v) is 6.85. The van der Waals surface area contributed by atoms with Crippen molar-refractivity contribution in [2.45, 2.75) is 0 Å². The van der Waals surface area contributed by atoms with E-state index in [9.17, 15) is 4.79 Å². The molecule has 1 fully saturated rings. The maximum Gasteiger partial charge on any atom is 0.256 e. The smallest absolute Gasteiger partial charge is 0.256 e. The second-order valence-electron chi connectivity index (χ2n) is 4.57. The fourth-order valence-electron chi connectivity index (χ4n) is 2.22. The van der Waals surface area contributed by atoms with Crippen LogP contribution in [0.15, 0.2) is 24.5 Å². The third-order valence-electron chi connectivity index (χ3n) is 3.29. The lowest BCUT2D eigenvalue weighted by Crippen LogP contribution is -2.49. The van der Waals surface area contributed by atoms with Crippen LogP contribution in [0.2, 0.25) is 8.67 Å². The summed E-state index contributed by atoms with van der Waals surface area (Å²) < 4.78 is 0.971. The molecule has 1 aliphatic heterocycles. The maximum absolute atomic E-state index is 12.4. The number of amides is 1. The normalized spacial score (nSPS) is 15.3. The molecule has 1 amide bonds. The van der Waals surface area contributed by atoms with Gasteiger partial charge in [-0.3, -0.25) is 4.79 Å². The van der Waals surface area contributed by atoms with Crippen LogP contribution in [0.25, 0.3) is 0 Å². The van der Waals surface area contributed by atoms with E-state index >= 15 is 0 Å². The molecule has 3 rings (SSSR count). The number of carbonyl (C=O) groups is 1. The summed E-state index contributed by atoms with van der Waals surface area (Å²) in [6, 6.07) is 3.41. The first-order chi connectivity index (χ1) is 10.1. The van der Waals surface area contributed by atoms with E-state index in [0.717, 1.165) is 0 Å². The summed E-state index contributed by atoms with van der Waals surface area (Å²) >= 11 is 13.1. The van der Waals surface area contributed by atoms with E-state index in [1.165, 1.54) is 11.3 Å². The van der Waals surface area contributed by atoms with Crippen LogP contribution in [0.4, 0.5) is 5.95 Å². The topological polar surface area (TPSA) is 49.3 Å². The molecule has 5 nitrogen and oxygen atoms in total.